The van der Waals surface area contributed by atoms with Crippen molar-refractivity contribution in [2.45, 2.75) is 6.42 Å². The van der Waals surface area contributed by atoms with Gasteiger partial charge in [0.25, 0.3) is 0 Å². The molecule has 5 heteroatoms. The van der Waals surface area contributed by atoms with Gasteiger partial charge in [0.2, 0.25) is 5.91 Å². The summed E-state index contributed by atoms with van der Waals surface area (Å²) in [5.74, 6) is 0.196. The number of hydrogen-bond donors (Lipinski definition) is 2. The van der Waals surface area contributed by atoms with Gasteiger partial charge in [0.1, 0.15) is 11.6 Å². The van der Waals surface area contributed by atoms with Crippen molar-refractivity contribution in [1.29, 1.82) is 0 Å². The van der Waals surface area contributed by atoms with Crippen LogP contribution in [0.1, 0.15) is 5.56 Å². The number of amides is 1. The van der Waals surface area contributed by atoms with Gasteiger partial charge in [0.15, 0.2) is 0 Å². The molecule has 0 fully saturated rings. The largest absolute Gasteiger partial charge is 0.493 e. The van der Waals surface area contributed by atoms with Gasteiger partial charge in [0, 0.05) is 23.9 Å². The van der Waals surface area contributed by atoms with Crippen molar-refractivity contribution >= 4 is 17.3 Å². The summed E-state index contributed by atoms with van der Waals surface area (Å²) >= 11 is 0. The minimum absolute atomic E-state index is 0.102. The van der Waals surface area contributed by atoms with E-state index < -0.39 is 0 Å². The Hall–Kier alpha value is -3.34. The second-order valence-corrected chi connectivity index (χ2v) is 6.02. The van der Waals surface area contributed by atoms with Crippen molar-refractivity contribution in [3.63, 3.8) is 0 Å². The van der Waals surface area contributed by atoms with Crippen LogP contribution < -0.4 is 15.4 Å². The number of halogens is 1. The maximum Gasteiger partial charge on any atom is 0.243 e. The second kappa shape index (κ2) is 9.38. The summed E-state index contributed by atoms with van der Waals surface area (Å²) in [5.41, 5.74) is 2.58. The number of ether oxygens (including phenoxy) is 1. The normalized spacial score (nSPS) is 10.3. The average molecular weight is 364 g/mol. The standard InChI is InChI=1S/C22H21FN2O2/c23-18-9-11-19(12-10-18)25-22(26)16-24-20-7-4-8-21(15-20)27-14-13-17-5-2-1-3-6-17/h1-12,15,24H,13-14,16H2,(H,25,26). The molecule has 0 saturated carbocycles. The SMILES string of the molecule is O=C(CNc1cccc(OCCc2ccccc2)c1)Nc1ccc(F)cc1. The summed E-state index contributed by atoms with van der Waals surface area (Å²) in [7, 11) is 0. The van der Waals surface area contributed by atoms with Gasteiger partial charge in [-0.3, -0.25) is 4.79 Å². The summed E-state index contributed by atoms with van der Waals surface area (Å²) in [4.78, 5) is 12.0. The minimum atomic E-state index is -0.338. The van der Waals surface area contributed by atoms with Gasteiger partial charge in [-0.05, 0) is 42.0 Å². The van der Waals surface area contributed by atoms with E-state index in [1.165, 1.54) is 29.8 Å². The molecule has 0 aliphatic rings. The van der Waals surface area contributed by atoms with Crippen LogP contribution in [0, 0.1) is 5.82 Å². The summed E-state index contributed by atoms with van der Waals surface area (Å²) in [5, 5.41) is 5.77. The zero-order chi connectivity index (χ0) is 18.9. The monoisotopic (exact) mass is 364 g/mol. The molecule has 3 rings (SSSR count). The maximum atomic E-state index is 12.9. The Kier molecular flexibility index (Phi) is 6.41. The van der Waals surface area contributed by atoms with Crippen LogP contribution in [0.2, 0.25) is 0 Å². The summed E-state index contributed by atoms with van der Waals surface area (Å²) in [6, 6.07) is 23.3. The Bertz CT molecular complexity index is 867. The molecule has 1 amide bonds. The number of carbonyl (C=O) groups excluding carboxylic acids is 1. The predicted octanol–water partition coefficient (Wildman–Crippen LogP) is 4.50. The molecule has 0 aromatic heterocycles. The fourth-order valence-electron chi connectivity index (χ4n) is 2.55. The van der Waals surface area contributed by atoms with E-state index in [2.05, 4.69) is 22.8 Å². The third kappa shape index (κ3) is 6.15. The third-order valence-electron chi connectivity index (χ3n) is 3.92. The Morgan fingerprint density at radius 2 is 1.67 bits per heavy atom. The maximum absolute atomic E-state index is 12.9. The highest BCUT2D eigenvalue weighted by atomic mass is 19.1. The fraction of sp³-hybridized carbons (Fsp3) is 0.136. The lowest BCUT2D eigenvalue weighted by molar-refractivity contribution is -0.114. The molecule has 4 nitrogen and oxygen atoms in total. The van der Waals surface area contributed by atoms with Gasteiger partial charge in [-0.25, -0.2) is 4.39 Å². The van der Waals surface area contributed by atoms with Crippen LogP contribution in [0.25, 0.3) is 0 Å². The number of carbonyl (C=O) groups is 1. The molecular weight excluding hydrogens is 343 g/mol. The Morgan fingerprint density at radius 1 is 0.889 bits per heavy atom. The molecule has 0 aliphatic carbocycles. The lowest BCUT2D eigenvalue weighted by atomic mass is 10.2. The van der Waals surface area contributed by atoms with Crippen LogP contribution >= 0.6 is 0 Å². The molecule has 3 aromatic rings. The van der Waals surface area contributed by atoms with E-state index in [1.54, 1.807) is 0 Å². The first-order chi connectivity index (χ1) is 13.2. The van der Waals surface area contributed by atoms with Crippen molar-refractivity contribution in [2.24, 2.45) is 0 Å². The molecule has 0 saturated heterocycles. The summed E-state index contributed by atoms with van der Waals surface area (Å²) < 4.78 is 18.7. The zero-order valence-corrected chi connectivity index (χ0v) is 14.8. The molecule has 0 spiro atoms. The average Bonchev–Trinajstić information content (AvgIpc) is 2.69. The van der Waals surface area contributed by atoms with Gasteiger partial charge < -0.3 is 15.4 Å². The van der Waals surface area contributed by atoms with Crippen LogP contribution in [0.4, 0.5) is 15.8 Å². The molecule has 2 N–H and O–H groups in total. The molecule has 3 aromatic carbocycles. The Labute approximate surface area is 158 Å². The van der Waals surface area contributed by atoms with Crippen LogP contribution in [-0.4, -0.2) is 19.1 Å². The topological polar surface area (TPSA) is 50.4 Å². The highest BCUT2D eigenvalue weighted by Crippen LogP contribution is 2.17. The molecule has 0 aliphatic heterocycles. The van der Waals surface area contributed by atoms with Crippen molar-refractivity contribution in [3.05, 3.63) is 90.2 Å². The van der Waals surface area contributed by atoms with E-state index >= 15 is 0 Å². The van der Waals surface area contributed by atoms with E-state index in [1.807, 2.05) is 42.5 Å². The van der Waals surface area contributed by atoms with Gasteiger partial charge in [-0.1, -0.05) is 36.4 Å². The van der Waals surface area contributed by atoms with Crippen LogP contribution in [-0.2, 0) is 11.2 Å². The van der Waals surface area contributed by atoms with E-state index in [0.29, 0.717) is 12.3 Å². The van der Waals surface area contributed by atoms with E-state index in [4.69, 9.17) is 4.74 Å². The number of nitrogens with one attached hydrogen (secondary N) is 2. The highest BCUT2D eigenvalue weighted by Gasteiger charge is 2.04. The molecule has 0 radical (unpaired) electrons. The molecule has 0 bridgehead atoms. The number of rotatable bonds is 8. The van der Waals surface area contributed by atoms with Gasteiger partial charge in [-0.2, -0.15) is 0 Å². The first-order valence-electron chi connectivity index (χ1n) is 8.75. The van der Waals surface area contributed by atoms with Crippen LogP contribution in [0.5, 0.6) is 5.75 Å². The second-order valence-electron chi connectivity index (χ2n) is 6.02. The smallest absolute Gasteiger partial charge is 0.243 e. The summed E-state index contributed by atoms with van der Waals surface area (Å²) in [6.45, 7) is 0.684. The minimum Gasteiger partial charge on any atom is -0.493 e. The number of benzene rings is 3. The van der Waals surface area contributed by atoms with Gasteiger partial charge >= 0.3 is 0 Å². The molecule has 138 valence electrons. The van der Waals surface area contributed by atoms with Crippen molar-refractivity contribution in [1.82, 2.24) is 0 Å². The molecule has 0 atom stereocenters. The number of anilines is 2. The molecular formula is C22H21FN2O2. The third-order valence-corrected chi connectivity index (χ3v) is 3.92. The summed E-state index contributed by atoms with van der Waals surface area (Å²) in [6.07, 6.45) is 0.832. The zero-order valence-electron chi connectivity index (χ0n) is 14.8. The van der Waals surface area contributed by atoms with Crippen molar-refractivity contribution < 1.29 is 13.9 Å². The van der Waals surface area contributed by atoms with E-state index in [0.717, 1.165) is 17.9 Å². The first-order valence-corrected chi connectivity index (χ1v) is 8.75. The van der Waals surface area contributed by atoms with Crippen molar-refractivity contribution in [3.8, 4) is 5.75 Å². The van der Waals surface area contributed by atoms with E-state index in [-0.39, 0.29) is 18.3 Å². The predicted molar refractivity (Wildman–Crippen MR) is 106 cm³/mol. The fourth-order valence-corrected chi connectivity index (χ4v) is 2.55. The van der Waals surface area contributed by atoms with Crippen LogP contribution in [0.15, 0.2) is 78.9 Å². The van der Waals surface area contributed by atoms with Crippen LogP contribution in [0.3, 0.4) is 0 Å². The lowest BCUT2D eigenvalue weighted by Crippen LogP contribution is -2.21. The van der Waals surface area contributed by atoms with Gasteiger partial charge in [-0.15, -0.1) is 0 Å². The number of hydrogen-bond acceptors (Lipinski definition) is 3. The molecule has 0 heterocycles. The quantitative estimate of drug-likeness (QED) is 0.619. The molecule has 27 heavy (non-hydrogen) atoms. The highest BCUT2D eigenvalue weighted by molar-refractivity contribution is 5.93. The van der Waals surface area contributed by atoms with Gasteiger partial charge in [0.05, 0.1) is 13.2 Å². The Balaban J connectivity index is 1.45. The first kappa shape index (κ1) is 18.5. The van der Waals surface area contributed by atoms with E-state index in [9.17, 15) is 9.18 Å². The Morgan fingerprint density at radius 3 is 2.44 bits per heavy atom. The molecule has 0 unspecified atom stereocenters. The van der Waals surface area contributed by atoms with Crippen molar-refractivity contribution in [2.75, 3.05) is 23.8 Å². The lowest BCUT2D eigenvalue weighted by Gasteiger charge is -2.10.